The lowest BCUT2D eigenvalue weighted by Gasteiger charge is -1.98. The average molecular weight is 274 g/mol. The Morgan fingerprint density at radius 1 is 1.20 bits per heavy atom. The average Bonchev–Trinajstić information content (AvgIpc) is 2.39. The molecule has 0 spiro atoms. The first-order valence-electron chi connectivity index (χ1n) is 5.80. The largest absolute Gasteiger partial charge is 0.507 e. The lowest BCUT2D eigenvalue weighted by atomic mass is 10.1. The molecule has 2 rings (SSSR count). The van der Waals surface area contributed by atoms with Gasteiger partial charge in [-0.2, -0.15) is 0 Å². The summed E-state index contributed by atoms with van der Waals surface area (Å²) in [4.78, 5) is 10.4. The molecular formula is C15H15FN2O2. The molecule has 0 aliphatic heterocycles. The zero-order valence-corrected chi connectivity index (χ0v) is 10.9. The van der Waals surface area contributed by atoms with E-state index in [9.17, 15) is 9.18 Å². The molecule has 4 nitrogen and oxygen atoms in total. The standard InChI is InChI=1S/C8H9NO.C7H6FNO/c1-6(9)7-4-2-3-5-8(7)10;8-6-3-1-2-5(4-6)7(9)10/h2-5,9-10H,1H3;1-4H,(H2,9,10). The molecule has 5 heteroatoms. The zero-order valence-electron chi connectivity index (χ0n) is 10.9. The first kappa shape index (κ1) is 15.4. The summed E-state index contributed by atoms with van der Waals surface area (Å²) in [5.74, 6) is -0.884. The van der Waals surface area contributed by atoms with Crippen LogP contribution in [0.15, 0.2) is 48.5 Å². The van der Waals surface area contributed by atoms with Gasteiger partial charge in [0.25, 0.3) is 0 Å². The Morgan fingerprint density at radius 2 is 1.85 bits per heavy atom. The van der Waals surface area contributed by atoms with Crippen molar-refractivity contribution in [3.8, 4) is 5.75 Å². The summed E-state index contributed by atoms with van der Waals surface area (Å²) in [6, 6.07) is 12.1. The topological polar surface area (TPSA) is 87.2 Å². The van der Waals surface area contributed by atoms with E-state index in [1.54, 1.807) is 31.2 Å². The number of halogens is 1. The maximum atomic E-state index is 12.3. The SMILES string of the molecule is CC(=N)c1ccccc1O.NC(=O)c1cccc(F)c1. The van der Waals surface area contributed by atoms with Gasteiger partial charge in [-0.3, -0.25) is 4.79 Å². The van der Waals surface area contributed by atoms with Crippen molar-refractivity contribution in [2.45, 2.75) is 6.92 Å². The van der Waals surface area contributed by atoms with Crippen LogP contribution in [0, 0.1) is 11.2 Å². The third-order valence-electron chi connectivity index (χ3n) is 2.42. The molecule has 20 heavy (non-hydrogen) atoms. The van der Waals surface area contributed by atoms with Crippen LogP contribution in [-0.4, -0.2) is 16.7 Å². The molecule has 0 aliphatic carbocycles. The predicted molar refractivity (Wildman–Crippen MR) is 75.5 cm³/mol. The van der Waals surface area contributed by atoms with Crippen molar-refractivity contribution < 1.29 is 14.3 Å². The van der Waals surface area contributed by atoms with Gasteiger partial charge in [-0.1, -0.05) is 18.2 Å². The molecule has 2 aromatic carbocycles. The highest BCUT2D eigenvalue weighted by Crippen LogP contribution is 2.15. The molecule has 0 saturated carbocycles. The monoisotopic (exact) mass is 274 g/mol. The van der Waals surface area contributed by atoms with Gasteiger partial charge < -0.3 is 16.2 Å². The van der Waals surface area contributed by atoms with Crippen molar-refractivity contribution in [3.05, 3.63) is 65.5 Å². The Bertz CT molecular complexity index is 627. The van der Waals surface area contributed by atoms with Crippen molar-refractivity contribution in [1.82, 2.24) is 0 Å². The fourth-order valence-corrected chi connectivity index (χ4v) is 1.43. The number of hydrogen-bond acceptors (Lipinski definition) is 3. The van der Waals surface area contributed by atoms with Crippen molar-refractivity contribution in [2.24, 2.45) is 5.73 Å². The molecule has 1 amide bonds. The predicted octanol–water partition coefficient (Wildman–Crippen LogP) is 2.70. The molecule has 0 atom stereocenters. The Morgan fingerprint density at radius 3 is 2.25 bits per heavy atom. The fraction of sp³-hybridized carbons (Fsp3) is 0.0667. The summed E-state index contributed by atoms with van der Waals surface area (Å²) < 4.78 is 12.3. The Balaban J connectivity index is 0.000000200. The number of hydrogen-bond donors (Lipinski definition) is 3. The number of carbonyl (C=O) groups is 1. The molecule has 0 saturated heterocycles. The van der Waals surface area contributed by atoms with E-state index in [4.69, 9.17) is 16.2 Å². The van der Waals surface area contributed by atoms with Crippen LogP contribution in [0.5, 0.6) is 5.75 Å². The number of phenolic OH excluding ortho intramolecular Hbond substituents is 1. The van der Waals surface area contributed by atoms with Gasteiger partial charge in [0.15, 0.2) is 0 Å². The minimum Gasteiger partial charge on any atom is -0.507 e. The summed E-state index contributed by atoms with van der Waals surface area (Å²) in [5, 5.41) is 16.4. The van der Waals surface area contributed by atoms with Gasteiger partial charge in [-0.15, -0.1) is 0 Å². The van der Waals surface area contributed by atoms with Gasteiger partial charge in [0.05, 0.1) is 0 Å². The van der Waals surface area contributed by atoms with Gasteiger partial charge in [-0.05, 0) is 37.3 Å². The van der Waals surface area contributed by atoms with Crippen molar-refractivity contribution >= 4 is 11.6 Å². The van der Waals surface area contributed by atoms with Crippen LogP contribution in [-0.2, 0) is 0 Å². The minimum absolute atomic E-state index is 0.176. The van der Waals surface area contributed by atoms with Crippen LogP contribution in [0.4, 0.5) is 4.39 Å². The van der Waals surface area contributed by atoms with Gasteiger partial charge in [0.2, 0.25) is 5.91 Å². The summed E-state index contributed by atoms with van der Waals surface area (Å²) in [6.45, 7) is 1.65. The number of phenols is 1. The molecule has 0 unspecified atom stereocenters. The number of benzene rings is 2. The van der Waals surface area contributed by atoms with E-state index < -0.39 is 11.7 Å². The molecule has 2 aromatic rings. The highest BCUT2D eigenvalue weighted by Gasteiger charge is 1.99. The number of nitrogens with one attached hydrogen (secondary N) is 1. The van der Waals surface area contributed by atoms with Crippen LogP contribution in [0.25, 0.3) is 0 Å². The number of rotatable bonds is 2. The second-order valence-electron chi connectivity index (χ2n) is 4.02. The number of aromatic hydroxyl groups is 1. The highest BCUT2D eigenvalue weighted by atomic mass is 19.1. The molecule has 0 aliphatic rings. The Kier molecular flexibility index (Phi) is 5.41. The lowest BCUT2D eigenvalue weighted by molar-refractivity contribution is 0.1000. The zero-order chi connectivity index (χ0) is 15.1. The van der Waals surface area contributed by atoms with Crippen LogP contribution >= 0.6 is 0 Å². The Labute approximate surface area is 116 Å². The van der Waals surface area contributed by atoms with E-state index in [0.29, 0.717) is 11.3 Å². The van der Waals surface area contributed by atoms with E-state index in [-0.39, 0.29) is 11.3 Å². The van der Waals surface area contributed by atoms with Gasteiger partial charge >= 0.3 is 0 Å². The third kappa shape index (κ3) is 4.53. The molecule has 104 valence electrons. The normalized spacial score (nSPS) is 9.30. The van der Waals surface area contributed by atoms with Crippen molar-refractivity contribution in [1.29, 1.82) is 5.41 Å². The minimum atomic E-state index is -0.612. The van der Waals surface area contributed by atoms with E-state index in [0.717, 1.165) is 6.07 Å². The second-order valence-corrected chi connectivity index (χ2v) is 4.02. The molecule has 0 aromatic heterocycles. The number of amides is 1. The molecular weight excluding hydrogens is 259 g/mol. The number of para-hydroxylation sites is 1. The van der Waals surface area contributed by atoms with Gasteiger partial charge in [0, 0.05) is 16.8 Å². The summed E-state index contributed by atoms with van der Waals surface area (Å²) in [6.07, 6.45) is 0. The van der Waals surface area contributed by atoms with Crippen molar-refractivity contribution in [3.63, 3.8) is 0 Å². The molecule has 0 bridgehead atoms. The highest BCUT2D eigenvalue weighted by molar-refractivity contribution is 5.98. The molecule has 0 radical (unpaired) electrons. The lowest BCUT2D eigenvalue weighted by Crippen LogP contribution is -2.10. The number of carbonyl (C=O) groups excluding carboxylic acids is 1. The molecule has 0 fully saturated rings. The van der Waals surface area contributed by atoms with Crippen molar-refractivity contribution in [2.75, 3.05) is 0 Å². The molecule has 0 heterocycles. The maximum absolute atomic E-state index is 12.3. The number of nitrogens with two attached hydrogens (primary N) is 1. The smallest absolute Gasteiger partial charge is 0.248 e. The maximum Gasteiger partial charge on any atom is 0.248 e. The summed E-state index contributed by atoms with van der Waals surface area (Å²) in [5.41, 5.74) is 6.06. The summed E-state index contributed by atoms with van der Waals surface area (Å²) in [7, 11) is 0. The summed E-state index contributed by atoms with van der Waals surface area (Å²) >= 11 is 0. The van der Waals surface area contributed by atoms with E-state index in [1.807, 2.05) is 0 Å². The quantitative estimate of drug-likeness (QED) is 0.735. The first-order chi connectivity index (χ1) is 9.41. The van der Waals surface area contributed by atoms with Crippen LogP contribution in [0.2, 0.25) is 0 Å². The third-order valence-corrected chi connectivity index (χ3v) is 2.42. The van der Waals surface area contributed by atoms with E-state index >= 15 is 0 Å². The van der Waals surface area contributed by atoms with Crippen LogP contribution in [0.1, 0.15) is 22.8 Å². The van der Waals surface area contributed by atoms with Gasteiger partial charge in [-0.25, -0.2) is 4.39 Å². The Hall–Kier alpha value is -2.69. The van der Waals surface area contributed by atoms with E-state index in [1.165, 1.54) is 18.2 Å². The van der Waals surface area contributed by atoms with Crippen LogP contribution in [0.3, 0.4) is 0 Å². The molecule has 4 N–H and O–H groups in total. The first-order valence-corrected chi connectivity index (χ1v) is 5.80. The number of primary amides is 1. The van der Waals surface area contributed by atoms with E-state index in [2.05, 4.69) is 0 Å². The van der Waals surface area contributed by atoms with Crippen LogP contribution < -0.4 is 5.73 Å². The fourth-order valence-electron chi connectivity index (χ4n) is 1.43. The second kappa shape index (κ2) is 7.04. The van der Waals surface area contributed by atoms with Gasteiger partial charge in [0.1, 0.15) is 11.6 Å².